The molecule has 1 atom stereocenters. The Bertz CT molecular complexity index is 576. The molecule has 0 bridgehead atoms. The van der Waals surface area contributed by atoms with E-state index in [2.05, 4.69) is 53.3 Å². The summed E-state index contributed by atoms with van der Waals surface area (Å²) < 4.78 is 2.00. The first-order chi connectivity index (χ1) is 10.2. The van der Waals surface area contributed by atoms with Gasteiger partial charge in [0.1, 0.15) is 12.2 Å². The van der Waals surface area contributed by atoms with E-state index in [1.165, 1.54) is 5.56 Å². The highest BCUT2D eigenvalue weighted by molar-refractivity contribution is 5.26. The van der Waals surface area contributed by atoms with E-state index in [0.717, 1.165) is 43.1 Å². The topological polar surface area (TPSA) is 55.6 Å². The van der Waals surface area contributed by atoms with Crippen LogP contribution in [0.25, 0.3) is 0 Å². The zero-order chi connectivity index (χ0) is 15.2. The van der Waals surface area contributed by atoms with Crippen LogP contribution in [-0.4, -0.2) is 26.3 Å². The molecule has 0 spiro atoms. The minimum atomic E-state index is 0.225. The van der Waals surface area contributed by atoms with Gasteiger partial charge in [-0.25, -0.2) is 4.98 Å². The largest absolute Gasteiger partial charge is 0.310 e. The Morgan fingerprint density at radius 2 is 2.05 bits per heavy atom. The molecule has 0 aromatic carbocycles. The van der Waals surface area contributed by atoms with Crippen LogP contribution in [0, 0.1) is 13.8 Å². The lowest BCUT2D eigenvalue weighted by molar-refractivity contribution is 0.496. The molecule has 5 nitrogen and oxygen atoms in total. The second kappa shape index (κ2) is 7.31. The highest BCUT2D eigenvalue weighted by Crippen LogP contribution is 2.20. The molecule has 1 N–H and O–H groups in total. The average molecular weight is 287 g/mol. The van der Waals surface area contributed by atoms with Gasteiger partial charge < -0.3 is 5.32 Å². The Hall–Kier alpha value is -1.75. The van der Waals surface area contributed by atoms with Crippen LogP contribution in [0.1, 0.15) is 49.1 Å². The summed E-state index contributed by atoms with van der Waals surface area (Å²) in [6, 6.07) is 4.47. The first kappa shape index (κ1) is 15.6. The standard InChI is InChI=1S/C16H25N5/c1-5-9-21-16(18-11-19-21)10-15(17-6-2)14-8-7-12(3)20-13(14)4/h7-8,11,15,17H,5-6,9-10H2,1-4H3. The molecule has 0 amide bonds. The van der Waals surface area contributed by atoms with Crippen LogP contribution < -0.4 is 5.32 Å². The smallest absolute Gasteiger partial charge is 0.138 e. The van der Waals surface area contributed by atoms with Gasteiger partial charge in [-0.15, -0.1) is 0 Å². The molecule has 0 saturated carbocycles. The number of likely N-dealkylation sites (N-methyl/N-ethyl adjacent to an activating group) is 1. The van der Waals surface area contributed by atoms with Crippen molar-refractivity contribution in [2.45, 2.75) is 53.1 Å². The van der Waals surface area contributed by atoms with E-state index in [9.17, 15) is 0 Å². The van der Waals surface area contributed by atoms with Crippen LogP contribution in [0.15, 0.2) is 18.5 Å². The lowest BCUT2D eigenvalue weighted by Gasteiger charge is -2.20. The molecule has 0 radical (unpaired) electrons. The summed E-state index contributed by atoms with van der Waals surface area (Å²) in [7, 11) is 0. The Morgan fingerprint density at radius 1 is 1.24 bits per heavy atom. The van der Waals surface area contributed by atoms with Crippen molar-refractivity contribution in [2.75, 3.05) is 6.54 Å². The maximum absolute atomic E-state index is 4.58. The number of rotatable bonds is 7. The van der Waals surface area contributed by atoms with Crippen molar-refractivity contribution in [1.82, 2.24) is 25.1 Å². The highest BCUT2D eigenvalue weighted by atomic mass is 15.3. The fraction of sp³-hybridized carbons (Fsp3) is 0.562. The minimum absolute atomic E-state index is 0.225. The second-order valence-corrected chi connectivity index (χ2v) is 5.34. The summed E-state index contributed by atoms with van der Waals surface area (Å²) in [5, 5.41) is 7.86. The molecule has 0 aliphatic rings. The Morgan fingerprint density at radius 3 is 2.71 bits per heavy atom. The van der Waals surface area contributed by atoms with Crippen LogP contribution in [0.5, 0.6) is 0 Å². The van der Waals surface area contributed by atoms with E-state index in [-0.39, 0.29) is 6.04 Å². The number of nitrogens with one attached hydrogen (secondary N) is 1. The maximum Gasteiger partial charge on any atom is 0.138 e. The van der Waals surface area contributed by atoms with E-state index in [4.69, 9.17) is 0 Å². The highest BCUT2D eigenvalue weighted by Gasteiger charge is 2.17. The lowest BCUT2D eigenvalue weighted by atomic mass is 10.0. The molecule has 2 rings (SSSR count). The van der Waals surface area contributed by atoms with E-state index in [1.54, 1.807) is 6.33 Å². The summed E-state index contributed by atoms with van der Waals surface area (Å²) in [6.45, 7) is 10.2. The van der Waals surface area contributed by atoms with Crippen LogP contribution in [0.4, 0.5) is 0 Å². The van der Waals surface area contributed by atoms with Gasteiger partial charge in [0.2, 0.25) is 0 Å². The summed E-state index contributed by atoms with van der Waals surface area (Å²) in [5.41, 5.74) is 3.39. The molecule has 0 aliphatic carbocycles. The summed E-state index contributed by atoms with van der Waals surface area (Å²) in [4.78, 5) is 9.00. The van der Waals surface area contributed by atoms with Crippen LogP contribution in [0.3, 0.4) is 0 Å². The van der Waals surface area contributed by atoms with Crippen molar-refractivity contribution in [3.05, 3.63) is 41.2 Å². The van der Waals surface area contributed by atoms with Crippen LogP contribution in [0.2, 0.25) is 0 Å². The minimum Gasteiger partial charge on any atom is -0.310 e. The number of nitrogens with zero attached hydrogens (tertiary/aromatic N) is 4. The fourth-order valence-electron chi connectivity index (χ4n) is 2.63. The van der Waals surface area contributed by atoms with Crippen molar-refractivity contribution in [1.29, 1.82) is 0 Å². The normalized spacial score (nSPS) is 12.6. The van der Waals surface area contributed by atoms with Gasteiger partial charge in [0.15, 0.2) is 0 Å². The van der Waals surface area contributed by atoms with Gasteiger partial charge in [-0.05, 0) is 38.4 Å². The van der Waals surface area contributed by atoms with E-state index >= 15 is 0 Å². The molecule has 0 saturated heterocycles. The summed E-state index contributed by atoms with van der Waals surface area (Å²) >= 11 is 0. The molecule has 0 aliphatic heterocycles. The van der Waals surface area contributed by atoms with Crippen molar-refractivity contribution >= 4 is 0 Å². The monoisotopic (exact) mass is 287 g/mol. The first-order valence-electron chi connectivity index (χ1n) is 7.69. The van der Waals surface area contributed by atoms with E-state index in [1.807, 2.05) is 11.6 Å². The molecule has 21 heavy (non-hydrogen) atoms. The average Bonchev–Trinajstić information content (AvgIpc) is 2.86. The van der Waals surface area contributed by atoms with Crippen LogP contribution >= 0.6 is 0 Å². The van der Waals surface area contributed by atoms with Crippen molar-refractivity contribution in [3.8, 4) is 0 Å². The van der Waals surface area contributed by atoms with Crippen molar-refractivity contribution < 1.29 is 0 Å². The molecule has 114 valence electrons. The third-order valence-electron chi connectivity index (χ3n) is 3.61. The van der Waals surface area contributed by atoms with Gasteiger partial charge in [-0.3, -0.25) is 9.67 Å². The predicted molar refractivity (Wildman–Crippen MR) is 84.1 cm³/mol. The molecular formula is C16H25N5. The molecule has 0 fully saturated rings. The molecule has 2 aromatic rings. The Balaban J connectivity index is 2.24. The van der Waals surface area contributed by atoms with Gasteiger partial charge in [-0.1, -0.05) is 19.9 Å². The van der Waals surface area contributed by atoms with E-state index < -0.39 is 0 Å². The quantitative estimate of drug-likeness (QED) is 0.850. The number of pyridine rings is 1. The fourth-order valence-corrected chi connectivity index (χ4v) is 2.63. The molecule has 2 aromatic heterocycles. The Kier molecular flexibility index (Phi) is 5.44. The molecule has 5 heteroatoms. The maximum atomic E-state index is 4.58. The predicted octanol–water partition coefficient (Wildman–Crippen LogP) is 2.59. The number of hydrogen-bond acceptors (Lipinski definition) is 4. The third kappa shape index (κ3) is 3.88. The third-order valence-corrected chi connectivity index (χ3v) is 3.61. The van der Waals surface area contributed by atoms with Gasteiger partial charge in [0.05, 0.1) is 0 Å². The van der Waals surface area contributed by atoms with Crippen LogP contribution in [-0.2, 0) is 13.0 Å². The van der Waals surface area contributed by atoms with E-state index in [0.29, 0.717) is 0 Å². The SMILES string of the molecule is CCCn1ncnc1CC(NCC)c1ccc(C)nc1C. The van der Waals surface area contributed by atoms with Gasteiger partial charge in [-0.2, -0.15) is 5.10 Å². The summed E-state index contributed by atoms with van der Waals surface area (Å²) in [5.74, 6) is 1.03. The lowest BCUT2D eigenvalue weighted by Crippen LogP contribution is -2.25. The van der Waals surface area contributed by atoms with Gasteiger partial charge in [0, 0.05) is 30.4 Å². The number of aromatic nitrogens is 4. The molecule has 1 unspecified atom stereocenters. The zero-order valence-corrected chi connectivity index (χ0v) is 13.4. The first-order valence-corrected chi connectivity index (χ1v) is 7.69. The number of aryl methyl sites for hydroxylation is 3. The van der Waals surface area contributed by atoms with Gasteiger partial charge >= 0.3 is 0 Å². The van der Waals surface area contributed by atoms with Gasteiger partial charge in [0.25, 0.3) is 0 Å². The second-order valence-electron chi connectivity index (χ2n) is 5.34. The molecule has 2 heterocycles. The van der Waals surface area contributed by atoms with Crippen molar-refractivity contribution in [3.63, 3.8) is 0 Å². The Labute approximate surface area is 126 Å². The summed E-state index contributed by atoms with van der Waals surface area (Å²) in [6.07, 6.45) is 3.54. The zero-order valence-electron chi connectivity index (χ0n) is 13.4. The number of hydrogen-bond donors (Lipinski definition) is 1. The molecular weight excluding hydrogens is 262 g/mol. The van der Waals surface area contributed by atoms with Crippen molar-refractivity contribution in [2.24, 2.45) is 0 Å².